The van der Waals surface area contributed by atoms with Crippen LogP contribution >= 0.6 is 35.0 Å². The number of nitrogens with one attached hydrogen (secondary N) is 1. The lowest BCUT2D eigenvalue weighted by atomic mass is 10.1. The fourth-order valence-corrected chi connectivity index (χ4v) is 4.21. The number of hydrogen-bond donors (Lipinski definition) is 1. The summed E-state index contributed by atoms with van der Waals surface area (Å²) in [6.45, 7) is 4.96. The summed E-state index contributed by atoms with van der Waals surface area (Å²) >= 11 is 13.5. The van der Waals surface area contributed by atoms with Gasteiger partial charge in [0.25, 0.3) is 0 Å². The predicted molar refractivity (Wildman–Crippen MR) is 127 cm³/mol. The van der Waals surface area contributed by atoms with E-state index in [1.165, 1.54) is 11.8 Å². The van der Waals surface area contributed by atoms with Gasteiger partial charge in [0.05, 0.1) is 15.8 Å². The number of amides is 2. The van der Waals surface area contributed by atoms with Crippen molar-refractivity contribution in [3.8, 4) is 0 Å². The van der Waals surface area contributed by atoms with Gasteiger partial charge in [-0.2, -0.15) is 0 Å². The Kier molecular flexibility index (Phi) is 10.6. The van der Waals surface area contributed by atoms with Gasteiger partial charge in [-0.25, -0.2) is 0 Å². The average Bonchev–Trinajstić information content (AvgIpc) is 2.75. The summed E-state index contributed by atoms with van der Waals surface area (Å²) < 4.78 is 0. The lowest BCUT2D eigenvalue weighted by Crippen LogP contribution is -2.49. The van der Waals surface area contributed by atoms with Gasteiger partial charge in [0.2, 0.25) is 11.8 Å². The summed E-state index contributed by atoms with van der Waals surface area (Å²) in [5, 5.41) is 3.95. The van der Waals surface area contributed by atoms with Crippen LogP contribution in [0.25, 0.3) is 0 Å². The molecule has 1 N–H and O–H groups in total. The first-order chi connectivity index (χ1) is 14.5. The molecule has 2 amide bonds. The van der Waals surface area contributed by atoms with Gasteiger partial charge in [-0.05, 0) is 36.1 Å². The third-order valence-corrected chi connectivity index (χ3v) is 6.34. The Morgan fingerprint density at radius 2 is 1.77 bits per heavy atom. The van der Waals surface area contributed by atoms with Gasteiger partial charge < -0.3 is 10.2 Å². The standard InChI is InChI=1S/C23H28Cl2N2O2S/c1-3-12-26-23(29)21(4-2)27(14-17-8-6-5-7-9-17)22(28)16-30-15-18-10-11-19(24)20(25)13-18/h5-11,13,21H,3-4,12,14-16H2,1-2H3,(H,26,29). The highest BCUT2D eigenvalue weighted by atomic mass is 35.5. The molecule has 0 aliphatic heterocycles. The van der Waals surface area contributed by atoms with Gasteiger partial charge in [-0.1, -0.05) is 73.4 Å². The zero-order valence-corrected chi connectivity index (χ0v) is 19.7. The Morgan fingerprint density at radius 3 is 2.40 bits per heavy atom. The van der Waals surface area contributed by atoms with Crippen LogP contribution in [0.1, 0.15) is 37.8 Å². The number of rotatable bonds is 11. The van der Waals surface area contributed by atoms with Crippen LogP contribution in [-0.4, -0.2) is 35.1 Å². The van der Waals surface area contributed by atoms with Crippen molar-refractivity contribution in [2.75, 3.05) is 12.3 Å². The third kappa shape index (κ3) is 7.53. The number of thioether (sulfide) groups is 1. The SMILES string of the molecule is CCCNC(=O)C(CC)N(Cc1ccccc1)C(=O)CSCc1ccc(Cl)c(Cl)c1. The maximum Gasteiger partial charge on any atom is 0.242 e. The Labute approximate surface area is 193 Å². The summed E-state index contributed by atoms with van der Waals surface area (Å²) in [6, 6.07) is 14.7. The van der Waals surface area contributed by atoms with E-state index >= 15 is 0 Å². The molecule has 0 saturated heterocycles. The molecule has 0 aliphatic rings. The minimum absolute atomic E-state index is 0.0533. The maximum absolute atomic E-state index is 13.1. The van der Waals surface area contributed by atoms with Gasteiger partial charge in [0, 0.05) is 18.8 Å². The highest BCUT2D eigenvalue weighted by Gasteiger charge is 2.28. The maximum atomic E-state index is 13.1. The molecular formula is C23H28Cl2N2O2S. The van der Waals surface area contributed by atoms with E-state index in [1.54, 1.807) is 11.0 Å². The zero-order valence-electron chi connectivity index (χ0n) is 17.4. The lowest BCUT2D eigenvalue weighted by Gasteiger charge is -2.30. The fourth-order valence-electron chi connectivity index (χ4n) is 3.03. The minimum Gasteiger partial charge on any atom is -0.354 e. The molecule has 2 rings (SSSR count). The van der Waals surface area contributed by atoms with Crippen LogP contribution in [0.4, 0.5) is 0 Å². The predicted octanol–water partition coefficient (Wildman–Crippen LogP) is 5.56. The first-order valence-corrected chi connectivity index (χ1v) is 12.0. The molecule has 0 radical (unpaired) electrons. The molecule has 162 valence electrons. The summed E-state index contributed by atoms with van der Waals surface area (Å²) in [6.07, 6.45) is 1.42. The minimum atomic E-state index is -0.491. The monoisotopic (exact) mass is 466 g/mol. The van der Waals surface area contributed by atoms with Crippen molar-refractivity contribution in [3.63, 3.8) is 0 Å². The van der Waals surface area contributed by atoms with E-state index < -0.39 is 6.04 Å². The Hall–Kier alpha value is -1.69. The normalized spacial score (nSPS) is 11.7. The van der Waals surface area contributed by atoms with Crippen molar-refractivity contribution in [1.82, 2.24) is 10.2 Å². The number of benzene rings is 2. The second-order valence-corrected chi connectivity index (χ2v) is 8.76. The van der Waals surface area contributed by atoms with Crippen molar-refractivity contribution in [3.05, 3.63) is 69.7 Å². The smallest absolute Gasteiger partial charge is 0.242 e. The molecule has 0 aromatic heterocycles. The van der Waals surface area contributed by atoms with E-state index in [1.807, 2.05) is 56.3 Å². The lowest BCUT2D eigenvalue weighted by molar-refractivity contribution is -0.139. The summed E-state index contributed by atoms with van der Waals surface area (Å²) in [5.74, 6) is 0.770. The quantitative estimate of drug-likeness (QED) is 0.471. The molecule has 0 bridgehead atoms. The largest absolute Gasteiger partial charge is 0.354 e. The molecule has 1 unspecified atom stereocenters. The second-order valence-electron chi connectivity index (χ2n) is 6.96. The summed E-state index contributed by atoms with van der Waals surface area (Å²) in [4.78, 5) is 27.5. The van der Waals surface area contributed by atoms with Gasteiger partial charge >= 0.3 is 0 Å². The number of nitrogens with zero attached hydrogens (tertiary/aromatic N) is 1. The van der Waals surface area contributed by atoms with Gasteiger partial charge in [0.1, 0.15) is 6.04 Å². The number of hydrogen-bond acceptors (Lipinski definition) is 3. The van der Waals surface area contributed by atoms with Crippen LogP contribution in [-0.2, 0) is 21.9 Å². The molecule has 7 heteroatoms. The van der Waals surface area contributed by atoms with Crippen LogP contribution in [0, 0.1) is 0 Å². The van der Waals surface area contributed by atoms with Crippen molar-refractivity contribution in [1.29, 1.82) is 0 Å². The Balaban J connectivity index is 2.08. The van der Waals surface area contributed by atoms with E-state index in [-0.39, 0.29) is 17.6 Å². The molecule has 0 spiro atoms. The van der Waals surface area contributed by atoms with E-state index in [4.69, 9.17) is 23.2 Å². The molecular weight excluding hydrogens is 439 g/mol. The van der Waals surface area contributed by atoms with Crippen LogP contribution in [0.3, 0.4) is 0 Å². The zero-order chi connectivity index (χ0) is 21.9. The summed E-state index contributed by atoms with van der Waals surface area (Å²) in [7, 11) is 0. The van der Waals surface area contributed by atoms with Crippen LogP contribution in [0.2, 0.25) is 10.0 Å². The van der Waals surface area contributed by atoms with E-state index in [9.17, 15) is 9.59 Å². The van der Waals surface area contributed by atoms with Gasteiger partial charge in [-0.3, -0.25) is 9.59 Å². The molecule has 0 saturated carbocycles. The van der Waals surface area contributed by atoms with E-state index in [2.05, 4.69) is 5.32 Å². The molecule has 30 heavy (non-hydrogen) atoms. The molecule has 0 aliphatic carbocycles. The van der Waals surface area contributed by atoms with E-state index in [0.29, 0.717) is 35.3 Å². The molecule has 4 nitrogen and oxygen atoms in total. The van der Waals surface area contributed by atoms with Crippen LogP contribution in [0.15, 0.2) is 48.5 Å². The molecule has 1 atom stereocenters. The van der Waals surface area contributed by atoms with Crippen molar-refractivity contribution >= 4 is 46.8 Å². The Morgan fingerprint density at radius 1 is 1.03 bits per heavy atom. The van der Waals surface area contributed by atoms with Crippen LogP contribution < -0.4 is 5.32 Å². The fraction of sp³-hybridized carbons (Fsp3) is 0.391. The third-order valence-electron chi connectivity index (χ3n) is 4.61. The first kappa shape index (κ1) is 24.6. The van der Waals surface area contributed by atoms with Gasteiger partial charge in [0.15, 0.2) is 0 Å². The van der Waals surface area contributed by atoms with Crippen LogP contribution in [0.5, 0.6) is 0 Å². The first-order valence-electron chi connectivity index (χ1n) is 10.1. The Bertz CT molecular complexity index is 833. The molecule has 0 fully saturated rings. The molecule has 0 heterocycles. The molecule has 2 aromatic carbocycles. The highest BCUT2D eigenvalue weighted by Crippen LogP contribution is 2.25. The van der Waals surface area contributed by atoms with Crippen molar-refractivity contribution in [2.45, 2.75) is 45.0 Å². The second kappa shape index (κ2) is 12.9. The number of carbonyl (C=O) groups excluding carboxylic acids is 2. The highest BCUT2D eigenvalue weighted by molar-refractivity contribution is 7.99. The van der Waals surface area contributed by atoms with E-state index in [0.717, 1.165) is 17.5 Å². The number of halogens is 2. The topological polar surface area (TPSA) is 49.4 Å². The molecule has 2 aromatic rings. The number of carbonyl (C=O) groups is 2. The van der Waals surface area contributed by atoms with Crippen molar-refractivity contribution in [2.24, 2.45) is 0 Å². The average molecular weight is 467 g/mol. The van der Waals surface area contributed by atoms with Gasteiger partial charge in [-0.15, -0.1) is 11.8 Å². The van der Waals surface area contributed by atoms with Crippen molar-refractivity contribution < 1.29 is 9.59 Å². The summed E-state index contributed by atoms with van der Waals surface area (Å²) in [5.41, 5.74) is 2.01.